The van der Waals surface area contributed by atoms with Crippen LogP contribution in [-0.2, 0) is 16.4 Å². The molecule has 0 atom stereocenters. The molecule has 3 rings (SSSR count). The topological polar surface area (TPSA) is 78.0 Å². The van der Waals surface area contributed by atoms with Gasteiger partial charge in [-0.25, -0.2) is 13.1 Å². The minimum Gasteiger partial charge on any atom is -0.326 e. The van der Waals surface area contributed by atoms with E-state index in [0.717, 1.165) is 22.5 Å². The number of aromatic nitrogens is 2. The molecule has 0 saturated carbocycles. The Balaban J connectivity index is 2.09. The second kappa shape index (κ2) is 6.80. The molecular weight excluding hydrogens is 381 g/mol. The lowest BCUT2D eigenvalue weighted by molar-refractivity contribution is 0.602. The van der Waals surface area contributed by atoms with E-state index >= 15 is 0 Å². The molecule has 0 saturated heterocycles. The molecule has 1 aromatic heterocycles. The first kappa shape index (κ1) is 17.9. The first-order valence-corrected chi connectivity index (χ1v) is 9.99. The van der Waals surface area contributed by atoms with Gasteiger partial charge in [0.25, 0.3) is 0 Å². The van der Waals surface area contributed by atoms with Crippen LogP contribution in [0.25, 0.3) is 16.9 Å². The van der Waals surface area contributed by atoms with Crippen molar-refractivity contribution in [3.63, 3.8) is 0 Å². The van der Waals surface area contributed by atoms with E-state index < -0.39 is 9.84 Å². The van der Waals surface area contributed by atoms with Gasteiger partial charge in [-0.3, -0.25) is 0 Å². The van der Waals surface area contributed by atoms with E-state index in [9.17, 15) is 8.42 Å². The molecule has 3 aromatic rings. The second-order valence-corrected chi connectivity index (χ2v) is 8.35. The van der Waals surface area contributed by atoms with Gasteiger partial charge in [-0.05, 0) is 29.8 Å². The quantitative estimate of drug-likeness (QED) is 0.729. The summed E-state index contributed by atoms with van der Waals surface area (Å²) in [7, 11) is -3.25. The standard InChI is InChI=1S/C17H15Cl2N3O2S/c1-25(23,24)14-6-3-11(4-7-14)16-9-17(19)21-22(16)13-5-2-12(10-20)15(18)8-13/h2-9H,10,20H2,1H3. The molecule has 8 heteroatoms. The molecule has 0 bridgehead atoms. The number of nitrogens with zero attached hydrogens (tertiary/aromatic N) is 2. The van der Waals surface area contributed by atoms with Crippen LogP contribution in [0.15, 0.2) is 53.4 Å². The number of sulfone groups is 1. The van der Waals surface area contributed by atoms with Crippen molar-refractivity contribution in [2.45, 2.75) is 11.4 Å². The normalized spacial score (nSPS) is 11.7. The Hall–Kier alpha value is -1.86. The van der Waals surface area contributed by atoms with Crippen LogP contribution in [0, 0.1) is 0 Å². The van der Waals surface area contributed by atoms with Gasteiger partial charge in [0.2, 0.25) is 0 Å². The van der Waals surface area contributed by atoms with E-state index in [2.05, 4.69) is 5.10 Å². The highest BCUT2D eigenvalue weighted by molar-refractivity contribution is 7.90. The molecule has 2 N–H and O–H groups in total. The fourth-order valence-electron chi connectivity index (χ4n) is 2.46. The van der Waals surface area contributed by atoms with E-state index in [1.54, 1.807) is 41.1 Å². The zero-order valence-corrected chi connectivity index (χ0v) is 15.6. The summed E-state index contributed by atoms with van der Waals surface area (Å²) in [6, 6.07) is 13.7. The van der Waals surface area contributed by atoms with Gasteiger partial charge in [0.15, 0.2) is 15.0 Å². The van der Waals surface area contributed by atoms with Gasteiger partial charge < -0.3 is 5.73 Å². The summed E-state index contributed by atoms with van der Waals surface area (Å²) < 4.78 is 24.9. The summed E-state index contributed by atoms with van der Waals surface area (Å²) in [6.45, 7) is 0.346. The third-order valence-electron chi connectivity index (χ3n) is 3.76. The monoisotopic (exact) mass is 395 g/mol. The van der Waals surface area contributed by atoms with E-state index in [0.29, 0.717) is 16.7 Å². The van der Waals surface area contributed by atoms with Crippen LogP contribution in [0.1, 0.15) is 5.56 Å². The van der Waals surface area contributed by atoms with Crippen molar-refractivity contribution in [2.24, 2.45) is 5.73 Å². The third-order valence-corrected chi connectivity index (χ3v) is 5.42. The number of hydrogen-bond donors (Lipinski definition) is 1. The Morgan fingerprint density at radius 3 is 2.32 bits per heavy atom. The number of nitrogens with two attached hydrogens (primary N) is 1. The van der Waals surface area contributed by atoms with Crippen LogP contribution >= 0.6 is 23.2 Å². The van der Waals surface area contributed by atoms with Crippen molar-refractivity contribution in [1.82, 2.24) is 9.78 Å². The third kappa shape index (κ3) is 3.72. The molecular formula is C17H15Cl2N3O2S. The summed E-state index contributed by atoms with van der Waals surface area (Å²) in [5.41, 5.74) is 8.71. The summed E-state index contributed by atoms with van der Waals surface area (Å²) in [5, 5.41) is 5.17. The van der Waals surface area contributed by atoms with Crippen LogP contribution in [0.3, 0.4) is 0 Å². The molecule has 1 heterocycles. The average molecular weight is 396 g/mol. The summed E-state index contributed by atoms with van der Waals surface area (Å²) in [4.78, 5) is 0.253. The largest absolute Gasteiger partial charge is 0.326 e. The highest BCUT2D eigenvalue weighted by Gasteiger charge is 2.13. The zero-order valence-electron chi connectivity index (χ0n) is 13.3. The van der Waals surface area contributed by atoms with Crippen molar-refractivity contribution in [3.05, 3.63) is 64.3 Å². The molecule has 2 aromatic carbocycles. The predicted molar refractivity (Wildman–Crippen MR) is 100 cm³/mol. The van der Waals surface area contributed by atoms with Gasteiger partial charge in [-0.1, -0.05) is 41.4 Å². The maximum Gasteiger partial charge on any atom is 0.175 e. The summed E-state index contributed by atoms with van der Waals surface area (Å²) >= 11 is 12.3. The molecule has 0 aliphatic carbocycles. The zero-order chi connectivity index (χ0) is 18.2. The fraction of sp³-hybridized carbons (Fsp3) is 0.118. The van der Waals surface area contributed by atoms with E-state index in [4.69, 9.17) is 28.9 Å². The summed E-state index contributed by atoms with van der Waals surface area (Å²) in [6.07, 6.45) is 1.17. The van der Waals surface area contributed by atoms with E-state index in [-0.39, 0.29) is 4.90 Å². The molecule has 130 valence electrons. The molecule has 0 radical (unpaired) electrons. The van der Waals surface area contributed by atoms with Crippen molar-refractivity contribution < 1.29 is 8.42 Å². The Labute approximate surface area is 155 Å². The molecule has 0 aliphatic heterocycles. The second-order valence-electron chi connectivity index (χ2n) is 5.54. The van der Waals surface area contributed by atoms with Crippen molar-refractivity contribution in [2.75, 3.05) is 6.26 Å². The lowest BCUT2D eigenvalue weighted by atomic mass is 10.1. The predicted octanol–water partition coefficient (Wildman–Crippen LogP) is 3.71. The van der Waals surface area contributed by atoms with Gasteiger partial charge in [0.1, 0.15) is 0 Å². The number of hydrogen-bond acceptors (Lipinski definition) is 4. The Morgan fingerprint density at radius 1 is 1.08 bits per heavy atom. The smallest absolute Gasteiger partial charge is 0.175 e. The first-order valence-electron chi connectivity index (χ1n) is 7.34. The van der Waals surface area contributed by atoms with Crippen LogP contribution < -0.4 is 5.73 Å². The van der Waals surface area contributed by atoms with Gasteiger partial charge in [-0.15, -0.1) is 0 Å². The number of benzene rings is 2. The van der Waals surface area contributed by atoms with Gasteiger partial charge >= 0.3 is 0 Å². The number of halogens is 2. The Bertz CT molecular complexity index is 1030. The molecule has 0 spiro atoms. The highest BCUT2D eigenvalue weighted by Crippen LogP contribution is 2.28. The molecule has 0 aliphatic rings. The maximum absolute atomic E-state index is 11.6. The van der Waals surface area contributed by atoms with Crippen molar-refractivity contribution >= 4 is 33.0 Å². The van der Waals surface area contributed by atoms with Crippen molar-refractivity contribution in [3.8, 4) is 16.9 Å². The summed E-state index contributed by atoms with van der Waals surface area (Å²) in [5.74, 6) is 0. The Morgan fingerprint density at radius 2 is 1.76 bits per heavy atom. The molecule has 5 nitrogen and oxygen atoms in total. The molecule has 0 fully saturated rings. The Kier molecular flexibility index (Phi) is 4.88. The van der Waals surface area contributed by atoms with Crippen LogP contribution in [0.4, 0.5) is 0 Å². The van der Waals surface area contributed by atoms with Crippen LogP contribution in [0.2, 0.25) is 10.2 Å². The van der Waals surface area contributed by atoms with Crippen molar-refractivity contribution in [1.29, 1.82) is 0 Å². The lowest BCUT2D eigenvalue weighted by Gasteiger charge is -2.10. The highest BCUT2D eigenvalue weighted by atomic mass is 35.5. The van der Waals surface area contributed by atoms with Gasteiger partial charge in [0, 0.05) is 29.5 Å². The fourth-order valence-corrected chi connectivity index (χ4v) is 3.52. The van der Waals surface area contributed by atoms with E-state index in [1.165, 1.54) is 6.26 Å². The lowest BCUT2D eigenvalue weighted by Crippen LogP contribution is -2.02. The van der Waals surface area contributed by atoms with E-state index in [1.807, 2.05) is 12.1 Å². The van der Waals surface area contributed by atoms with Crippen LogP contribution in [-0.4, -0.2) is 24.5 Å². The minimum absolute atomic E-state index is 0.253. The SMILES string of the molecule is CS(=O)(=O)c1ccc(-c2cc(Cl)nn2-c2ccc(CN)c(Cl)c2)cc1. The average Bonchev–Trinajstić information content (AvgIpc) is 2.96. The molecule has 0 unspecified atom stereocenters. The minimum atomic E-state index is -3.25. The van der Waals surface area contributed by atoms with Gasteiger partial charge in [-0.2, -0.15) is 5.10 Å². The number of rotatable bonds is 4. The van der Waals surface area contributed by atoms with Gasteiger partial charge in [0.05, 0.1) is 16.3 Å². The molecule has 25 heavy (non-hydrogen) atoms. The first-order chi connectivity index (χ1) is 11.8. The van der Waals surface area contributed by atoms with Crippen LogP contribution in [0.5, 0.6) is 0 Å². The molecule has 0 amide bonds. The maximum atomic E-state index is 11.6.